The van der Waals surface area contributed by atoms with Gasteiger partial charge >= 0.3 is 0 Å². The number of thioether (sulfide) groups is 1. The number of hydrogen-bond acceptors (Lipinski definition) is 6. The number of amides is 1. The molecule has 2 aromatic carbocycles. The van der Waals surface area contributed by atoms with Gasteiger partial charge in [-0.15, -0.1) is 0 Å². The SMILES string of the molecule is COc1cc(/C=C2/SC(=Nc3ccc(Cl)cc3)N(C)C2=O)cc(OC)c1O. The van der Waals surface area contributed by atoms with Gasteiger partial charge in [0.2, 0.25) is 5.75 Å². The molecule has 1 heterocycles. The predicted molar refractivity (Wildman–Crippen MR) is 108 cm³/mol. The summed E-state index contributed by atoms with van der Waals surface area (Å²) in [6.45, 7) is 0. The molecule has 0 radical (unpaired) electrons. The van der Waals surface area contributed by atoms with Crippen molar-refractivity contribution in [2.45, 2.75) is 0 Å². The van der Waals surface area contributed by atoms with Gasteiger partial charge in [0, 0.05) is 12.1 Å². The smallest absolute Gasteiger partial charge is 0.266 e. The number of likely N-dealkylation sites (N-methyl/N-ethyl adjacent to an activating group) is 1. The molecule has 0 unspecified atom stereocenters. The summed E-state index contributed by atoms with van der Waals surface area (Å²) in [5.74, 6) is 0.272. The number of ether oxygens (including phenoxy) is 2. The zero-order valence-electron chi connectivity index (χ0n) is 14.9. The molecule has 27 heavy (non-hydrogen) atoms. The number of rotatable bonds is 4. The summed E-state index contributed by atoms with van der Waals surface area (Å²) in [4.78, 5) is 19.0. The van der Waals surface area contributed by atoms with Gasteiger partial charge in [0.15, 0.2) is 16.7 Å². The fourth-order valence-electron chi connectivity index (χ4n) is 2.43. The molecule has 1 fully saturated rings. The molecule has 6 nitrogen and oxygen atoms in total. The highest BCUT2D eigenvalue weighted by Crippen LogP contribution is 2.39. The Kier molecular flexibility index (Phi) is 5.62. The summed E-state index contributed by atoms with van der Waals surface area (Å²) in [5.41, 5.74) is 1.37. The highest BCUT2D eigenvalue weighted by molar-refractivity contribution is 8.18. The number of amidine groups is 1. The third-order valence-electron chi connectivity index (χ3n) is 3.85. The number of phenolic OH excluding ortho intramolecular Hbond substituents is 1. The van der Waals surface area contributed by atoms with Gasteiger partial charge in [0.1, 0.15) is 0 Å². The first-order valence-electron chi connectivity index (χ1n) is 7.89. The highest BCUT2D eigenvalue weighted by atomic mass is 35.5. The molecule has 1 amide bonds. The number of aromatic hydroxyl groups is 1. The third-order valence-corrected chi connectivity index (χ3v) is 5.17. The summed E-state index contributed by atoms with van der Waals surface area (Å²) in [5, 5.41) is 11.2. The standard InChI is InChI=1S/C19H17ClN2O4S/c1-22-18(24)16(27-19(22)21-13-6-4-12(20)5-7-13)10-11-8-14(25-2)17(23)15(9-11)26-3/h4-10,23H,1-3H3/b16-10+,21-19?. The van der Waals surface area contributed by atoms with Crippen LogP contribution in [-0.4, -0.2) is 42.3 Å². The van der Waals surface area contributed by atoms with Crippen LogP contribution in [-0.2, 0) is 4.79 Å². The van der Waals surface area contributed by atoms with Crippen LogP contribution in [0.3, 0.4) is 0 Å². The Bertz CT molecular complexity index is 916. The number of aliphatic imine (C=N–C) groups is 1. The molecule has 8 heteroatoms. The Labute approximate surface area is 166 Å². The minimum Gasteiger partial charge on any atom is -0.502 e. The van der Waals surface area contributed by atoms with Gasteiger partial charge in [0.25, 0.3) is 5.91 Å². The van der Waals surface area contributed by atoms with Crippen molar-refractivity contribution in [2.24, 2.45) is 4.99 Å². The first-order valence-corrected chi connectivity index (χ1v) is 9.09. The Morgan fingerprint density at radius 1 is 1.15 bits per heavy atom. The number of nitrogens with zero attached hydrogens (tertiary/aromatic N) is 2. The fourth-order valence-corrected chi connectivity index (χ4v) is 3.54. The summed E-state index contributed by atoms with van der Waals surface area (Å²) in [6.07, 6.45) is 1.71. The maximum absolute atomic E-state index is 12.6. The Balaban J connectivity index is 1.94. The van der Waals surface area contributed by atoms with Crippen molar-refractivity contribution in [1.29, 1.82) is 0 Å². The second-order valence-corrected chi connectivity index (χ2v) is 7.07. The molecule has 0 bridgehead atoms. The first-order chi connectivity index (χ1) is 12.9. The lowest BCUT2D eigenvalue weighted by molar-refractivity contribution is -0.121. The molecule has 1 saturated heterocycles. The molecule has 3 rings (SSSR count). The average molecular weight is 405 g/mol. The Morgan fingerprint density at radius 2 is 1.74 bits per heavy atom. The van der Waals surface area contributed by atoms with Gasteiger partial charge in [-0.1, -0.05) is 11.6 Å². The van der Waals surface area contributed by atoms with E-state index in [9.17, 15) is 9.90 Å². The molecule has 0 aliphatic carbocycles. The summed E-state index contributed by atoms with van der Waals surface area (Å²) in [7, 11) is 4.57. The van der Waals surface area contributed by atoms with Gasteiger partial charge in [-0.25, -0.2) is 4.99 Å². The zero-order valence-corrected chi connectivity index (χ0v) is 16.5. The fraction of sp³-hybridized carbons (Fsp3) is 0.158. The topological polar surface area (TPSA) is 71.4 Å². The number of phenols is 1. The van der Waals surface area contributed by atoms with Crippen molar-refractivity contribution in [2.75, 3.05) is 21.3 Å². The van der Waals surface area contributed by atoms with Crippen LogP contribution < -0.4 is 9.47 Å². The van der Waals surface area contributed by atoms with Gasteiger partial charge in [-0.05, 0) is 59.8 Å². The van der Waals surface area contributed by atoms with Crippen molar-refractivity contribution in [3.05, 3.63) is 51.9 Å². The van der Waals surface area contributed by atoms with E-state index in [0.29, 0.717) is 26.3 Å². The molecule has 0 spiro atoms. The monoisotopic (exact) mass is 404 g/mol. The molecule has 2 aromatic rings. The van der Waals surface area contributed by atoms with Crippen LogP contribution >= 0.6 is 23.4 Å². The van der Waals surface area contributed by atoms with Crippen molar-refractivity contribution in [3.63, 3.8) is 0 Å². The highest BCUT2D eigenvalue weighted by Gasteiger charge is 2.30. The van der Waals surface area contributed by atoms with Crippen LogP contribution in [0, 0.1) is 0 Å². The molecular formula is C19H17ClN2O4S. The van der Waals surface area contributed by atoms with E-state index < -0.39 is 0 Å². The van der Waals surface area contributed by atoms with E-state index in [1.165, 1.54) is 30.9 Å². The minimum absolute atomic E-state index is 0.0883. The third kappa shape index (κ3) is 4.04. The van der Waals surface area contributed by atoms with Crippen LogP contribution in [0.4, 0.5) is 5.69 Å². The van der Waals surface area contributed by atoms with E-state index in [1.807, 2.05) is 0 Å². The van der Waals surface area contributed by atoms with E-state index >= 15 is 0 Å². The lowest BCUT2D eigenvalue weighted by Gasteiger charge is -2.09. The number of benzene rings is 2. The second kappa shape index (κ2) is 7.94. The molecule has 1 aliphatic rings. The molecule has 0 aromatic heterocycles. The molecule has 0 saturated carbocycles. The summed E-state index contributed by atoms with van der Waals surface area (Å²) >= 11 is 7.15. The van der Waals surface area contributed by atoms with E-state index in [2.05, 4.69) is 4.99 Å². The quantitative estimate of drug-likeness (QED) is 0.769. The number of halogens is 1. The van der Waals surface area contributed by atoms with E-state index in [4.69, 9.17) is 21.1 Å². The number of carbonyl (C=O) groups is 1. The summed E-state index contributed by atoms with van der Waals surface area (Å²) < 4.78 is 10.3. The van der Waals surface area contributed by atoms with Gasteiger partial charge < -0.3 is 14.6 Å². The lowest BCUT2D eigenvalue weighted by Crippen LogP contribution is -2.23. The molecular weight excluding hydrogens is 388 g/mol. The van der Waals surface area contributed by atoms with Crippen molar-refractivity contribution < 1.29 is 19.4 Å². The van der Waals surface area contributed by atoms with Crippen LogP contribution in [0.1, 0.15) is 5.56 Å². The van der Waals surface area contributed by atoms with Crippen LogP contribution in [0.5, 0.6) is 17.2 Å². The van der Waals surface area contributed by atoms with Crippen molar-refractivity contribution in [1.82, 2.24) is 4.90 Å². The maximum atomic E-state index is 12.6. The predicted octanol–water partition coefficient (Wildman–Crippen LogP) is 4.30. The van der Waals surface area contributed by atoms with Crippen LogP contribution in [0.2, 0.25) is 5.02 Å². The number of methoxy groups -OCH3 is 2. The summed E-state index contributed by atoms with van der Waals surface area (Å²) in [6, 6.07) is 10.3. The Morgan fingerprint density at radius 3 is 2.30 bits per heavy atom. The molecule has 140 valence electrons. The van der Waals surface area contributed by atoms with Crippen LogP contribution in [0.15, 0.2) is 46.3 Å². The number of carbonyl (C=O) groups excluding carboxylic acids is 1. The van der Waals surface area contributed by atoms with Crippen molar-refractivity contribution >= 4 is 46.2 Å². The maximum Gasteiger partial charge on any atom is 0.266 e. The second-order valence-electron chi connectivity index (χ2n) is 5.62. The van der Waals surface area contributed by atoms with E-state index in [1.54, 1.807) is 49.5 Å². The lowest BCUT2D eigenvalue weighted by atomic mass is 10.1. The molecule has 1 N–H and O–H groups in total. The molecule has 0 atom stereocenters. The van der Waals surface area contributed by atoms with Gasteiger partial charge in [-0.2, -0.15) is 0 Å². The van der Waals surface area contributed by atoms with E-state index in [-0.39, 0.29) is 23.2 Å². The van der Waals surface area contributed by atoms with Crippen molar-refractivity contribution in [3.8, 4) is 17.2 Å². The largest absolute Gasteiger partial charge is 0.502 e. The van der Waals surface area contributed by atoms with E-state index in [0.717, 1.165) is 0 Å². The minimum atomic E-state index is -0.168. The van der Waals surface area contributed by atoms with Gasteiger partial charge in [-0.3, -0.25) is 9.69 Å². The van der Waals surface area contributed by atoms with Crippen LogP contribution in [0.25, 0.3) is 6.08 Å². The average Bonchev–Trinajstić information content (AvgIpc) is 2.92. The molecule has 1 aliphatic heterocycles. The zero-order chi connectivity index (χ0) is 19.6. The number of hydrogen-bond donors (Lipinski definition) is 1. The first kappa shape index (κ1) is 19.1. The van der Waals surface area contributed by atoms with Gasteiger partial charge in [0.05, 0.1) is 24.8 Å². The normalized spacial score (nSPS) is 17.0. The Hall–Kier alpha value is -2.64.